The molecule has 17 rings (SSSR count). The van der Waals surface area contributed by atoms with Crippen molar-refractivity contribution in [2.24, 2.45) is 23.2 Å². The van der Waals surface area contributed by atoms with Crippen molar-refractivity contribution in [3.8, 4) is 0 Å². The molecule has 4 bridgehead atoms. The van der Waals surface area contributed by atoms with Crippen LogP contribution in [0.2, 0.25) is 0 Å². The monoisotopic (exact) mass is 1530 g/mol. The molecule has 2 spiro atoms. The number of nitrogens with one attached hydrogen (secondary N) is 1. The molecular weight excluding hydrogens is 1350 g/mol. The SMILES string of the molecule is CC(C)(C)N1CCC2(CC2)C1.CC(C)C1=CCOCC1.CC(C)N1C2CCC1COC2.CC(C)N1CC2CC2C1.CC(C)N1CC2CCC1CO2.CC(C)N1CCC12CCC2.CC(C)N1CCCC1.CC(C)N1CCCCC1.CC(C)N1CCNCC1.CC(C)N1CCOCC1.CC(C)N1CCS(=O)(=O)CC1. The Balaban J connectivity index is 0.000000185. The molecule has 0 radical (unpaired) electrons. The molecule has 6 atom stereocenters. The molecule has 1 N–H and O–H groups in total. The number of sulfone groups is 1. The van der Waals surface area contributed by atoms with Crippen LogP contribution in [0, 0.1) is 23.2 Å². The summed E-state index contributed by atoms with van der Waals surface area (Å²) in [6.45, 7) is 80.3. The molecule has 3 aliphatic carbocycles. The topological polar surface area (TPSA) is 115 Å². The zero-order chi connectivity index (χ0) is 78.7. The van der Waals surface area contributed by atoms with E-state index in [2.05, 4.69) is 220 Å². The maximum atomic E-state index is 11.0. The number of hydrogen-bond donors (Lipinski definition) is 1. The third kappa shape index (κ3) is 33.3. The van der Waals surface area contributed by atoms with Gasteiger partial charge in [-0.2, -0.15) is 0 Å². The van der Waals surface area contributed by atoms with E-state index in [-0.39, 0.29) is 0 Å². The van der Waals surface area contributed by atoms with Gasteiger partial charge in [-0.25, -0.2) is 8.42 Å². The Morgan fingerprint density at radius 3 is 1.23 bits per heavy atom. The normalized spacial score (nSPS) is 29.1. The molecule has 18 heteroatoms. The molecule has 14 aliphatic heterocycles. The molecule has 107 heavy (non-hydrogen) atoms. The molecule has 0 aromatic carbocycles. The van der Waals surface area contributed by atoms with Gasteiger partial charge in [0.25, 0.3) is 0 Å². The zero-order valence-electron chi connectivity index (χ0n) is 74.5. The summed E-state index contributed by atoms with van der Waals surface area (Å²) in [5.74, 6) is 3.60. The lowest BCUT2D eigenvalue weighted by molar-refractivity contribution is -0.115. The number of fused-ring (bicyclic) bond motifs is 6. The minimum Gasteiger partial charge on any atom is -0.379 e. The predicted octanol–water partition coefficient (Wildman–Crippen LogP) is 14.7. The Hall–Kier alpha value is -0.910. The van der Waals surface area contributed by atoms with E-state index in [0.717, 1.165) is 144 Å². The van der Waals surface area contributed by atoms with Gasteiger partial charge in [-0.3, -0.25) is 34.3 Å². The molecule has 0 amide bonds. The fraction of sp³-hybridized carbons (Fsp3) is 0.978. The van der Waals surface area contributed by atoms with E-state index in [1.807, 2.05) is 0 Å². The van der Waals surface area contributed by atoms with Crippen LogP contribution in [0.5, 0.6) is 0 Å². The maximum Gasteiger partial charge on any atom is 0.152 e. The highest BCUT2D eigenvalue weighted by Crippen LogP contribution is 2.54. The molecule has 14 heterocycles. The Bertz CT molecular complexity index is 2380. The number of rotatable bonds is 10. The van der Waals surface area contributed by atoms with Crippen molar-refractivity contribution in [3.63, 3.8) is 0 Å². The van der Waals surface area contributed by atoms with E-state index in [1.54, 1.807) is 5.57 Å². The second-order valence-corrected chi connectivity index (χ2v) is 41.2. The van der Waals surface area contributed by atoms with Crippen molar-refractivity contribution in [3.05, 3.63) is 11.6 Å². The van der Waals surface area contributed by atoms with Gasteiger partial charge in [-0.05, 0) is 310 Å². The minimum absolute atomic E-state index is 0.338. The zero-order valence-corrected chi connectivity index (χ0v) is 75.3. The first-order valence-corrected chi connectivity index (χ1v) is 46.9. The molecule has 3 saturated carbocycles. The third-order valence-electron chi connectivity index (χ3n) is 26.7. The lowest BCUT2D eigenvalue weighted by atomic mass is 9.67. The van der Waals surface area contributed by atoms with Gasteiger partial charge in [0, 0.05) is 169 Å². The van der Waals surface area contributed by atoms with Crippen LogP contribution in [0.1, 0.15) is 275 Å². The van der Waals surface area contributed by atoms with Crippen molar-refractivity contribution in [2.75, 3.05) is 176 Å². The summed E-state index contributed by atoms with van der Waals surface area (Å²) in [6.07, 6.45) is 28.2. The van der Waals surface area contributed by atoms with E-state index in [4.69, 9.17) is 18.9 Å². The van der Waals surface area contributed by atoms with E-state index in [1.165, 1.54) is 188 Å². The average molecular weight is 1530 g/mol. The van der Waals surface area contributed by atoms with E-state index < -0.39 is 9.84 Å². The molecule has 17 aliphatic rings. The second-order valence-electron chi connectivity index (χ2n) is 38.9. The summed E-state index contributed by atoms with van der Waals surface area (Å²) >= 11 is 0. The van der Waals surface area contributed by atoms with Crippen LogP contribution in [0.3, 0.4) is 0 Å². The molecule has 6 unspecified atom stereocenters. The summed E-state index contributed by atoms with van der Waals surface area (Å²) in [5.41, 5.74) is 3.48. The summed E-state index contributed by atoms with van der Waals surface area (Å²) in [5, 5.41) is 3.33. The first kappa shape index (κ1) is 94.9. The van der Waals surface area contributed by atoms with Crippen LogP contribution in [-0.4, -0.2) is 323 Å². The molecule has 17 nitrogen and oxygen atoms in total. The second kappa shape index (κ2) is 47.3. The summed E-state index contributed by atoms with van der Waals surface area (Å²) in [7, 11) is -2.69. The van der Waals surface area contributed by atoms with Gasteiger partial charge in [0.05, 0.1) is 63.9 Å². The van der Waals surface area contributed by atoms with E-state index in [9.17, 15) is 8.42 Å². The van der Waals surface area contributed by atoms with Crippen molar-refractivity contribution < 1.29 is 27.4 Å². The van der Waals surface area contributed by atoms with Gasteiger partial charge in [-0.15, -0.1) is 0 Å². The van der Waals surface area contributed by atoms with Crippen LogP contribution < -0.4 is 5.32 Å². The molecule has 0 aromatic rings. The fourth-order valence-electron chi connectivity index (χ4n) is 18.4. The number of ether oxygens (including phenoxy) is 4. The lowest BCUT2D eigenvalue weighted by Crippen LogP contribution is -2.65. The van der Waals surface area contributed by atoms with Crippen LogP contribution >= 0.6 is 0 Å². The van der Waals surface area contributed by atoms with Crippen molar-refractivity contribution in [1.82, 2.24) is 54.3 Å². The van der Waals surface area contributed by atoms with Gasteiger partial charge in [0.2, 0.25) is 0 Å². The highest BCUT2D eigenvalue weighted by atomic mass is 32.2. The van der Waals surface area contributed by atoms with Gasteiger partial charge in [0.1, 0.15) is 0 Å². The van der Waals surface area contributed by atoms with Crippen molar-refractivity contribution >= 4 is 9.84 Å². The van der Waals surface area contributed by atoms with Gasteiger partial charge in [0.15, 0.2) is 9.84 Å². The van der Waals surface area contributed by atoms with Gasteiger partial charge < -0.3 is 39.0 Å². The molecule has 16 fully saturated rings. The number of morpholine rings is 3. The standard InChI is InChI=1S/C10H19N.2C9H17NO.C9H17N.C8H15N.C8H17N.C8H14O.C7H16N2.C7H15NO2S.C7H15NO.C7H15N/c1-9(2,3)11-7-6-10(8-11)4-5-10;1-7(2)10-5-9-4-3-8(10)6-11-9;1-7(2)10-8-3-4-9(10)6-11-5-8;1-8(2)10-7-6-9(10)4-3-5-9;1-6(2)9-4-7-3-8(7)5-9;1-8(2)9-6-4-3-5-7-9;1-7(2)8-3-5-9-6-4-8;1-7(2)9-5-3-8-4-6-9;1-7(2)8-3-5-11(9,10)6-4-8;1-7(2)8-3-5-9-6-4-8;1-7(2)8-5-3-4-6-8/h4-8H2,1-3H3;2*7-9H,3-6H2,1-2H3;8H,3-7H2,1-2H3;6-8H,3-5H2,1-2H3;8H,3-7H2,1-2H3;3,7H,4-6H2,1-2H3;7-8H,3-6H2,1-2H3;7H,3-6H2,1-2H3;7H,3-6H2,1-2H3;7H,3-6H2,1-2H3. The average Bonchev–Trinajstić information content (AvgIpc) is 1.27. The first-order chi connectivity index (χ1) is 50.6. The number of nitrogens with zero attached hydrogens (tertiary/aromatic N) is 10. The quantitative estimate of drug-likeness (QED) is 0.209. The van der Waals surface area contributed by atoms with Crippen molar-refractivity contribution in [1.29, 1.82) is 0 Å². The summed E-state index contributed by atoms with van der Waals surface area (Å²) < 4.78 is 43.5. The highest BCUT2D eigenvalue weighted by molar-refractivity contribution is 7.91. The largest absolute Gasteiger partial charge is 0.379 e. The molecule has 13 saturated heterocycles. The lowest BCUT2D eigenvalue weighted by Gasteiger charge is -2.60. The number of piperidine rings is 3. The summed E-state index contributed by atoms with van der Waals surface area (Å²) in [4.78, 5) is 25.3. The van der Waals surface area contributed by atoms with Gasteiger partial charge in [-0.1, -0.05) is 31.9 Å². The number of likely N-dealkylation sites (tertiary alicyclic amines) is 5. The fourth-order valence-corrected chi connectivity index (χ4v) is 19.7. The van der Waals surface area contributed by atoms with E-state index in [0.29, 0.717) is 71.9 Å². The van der Waals surface area contributed by atoms with Crippen LogP contribution in [0.15, 0.2) is 11.6 Å². The Morgan fingerprint density at radius 2 is 0.944 bits per heavy atom. The Kier molecular flexibility index (Phi) is 42.0. The number of piperazine rings is 1. The smallest absolute Gasteiger partial charge is 0.152 e. The molecule has 0 aromatic heterocycles. The predicted molar refractivity (Wildman–Crippen MR) is 455 cm³/mol. The molecule has 630 valence electrons. The maximum absolute atomic E-state index is 11.0. The summed E-state index contributed by atoms with van der Waals surface area (Å²) in [6, 6.07) is 8.60. The third-order valence-corrected chi connectivity index (χ3v) is 28.3. The first-order valence-electron chi connectivity index (χ1n) is 45.1. The van der Waals surface area contributed by atoms with Gasteiger partial charge >= 0.3 is 0 Å². The van der Waals surface area contributed by atoms with Crippen LogP contribution in [0.25, 0.3) is 0 Å². The Labute approximate surface area is 662 Å². The van der Waals surface area contributed by atoms with Crippen LogP contribution in [-0.2, 0) is 28.8 Å². The molecular formula is C89H177N11O6S. The highest BCUT2D eigenvalue weighted by Gasteiger charge is 2.51. The minimum atomic E-state index is -2.69. The number of hydrogen-bond acceptors (Lipinski definition) is 17. The Morgan fingerprint density at radius 1 is 0.449 bits per heavy atom. The van der Waals surface area contributed by atoms with Crippen LogP contribution in [0.4, 0.5) is 0 Å². The van der Waals surface area contributed by atoms with E-state index >= 15 is 0 Å². The van der Waals surface area contributed by atoms with Crippen molar-refractivity contribution in [2.45, 2.75) is 365 Å².